The number of thiophene rings is 1. The molecule has 1 heterocycles. The molecule has 0 aromatic carbocycles. The summed E-state index contributed by atoms with van der Waals surface area (Å²) in [5.74, 6) is -0.785. The summed E-state index contributed by atoms with van der Waals surface area (Å²) >= 11 is 1.19. The summed E-state index contributed by atoms with van der Waals surface area (Å²) in [6.45, 7) is 9.48. The van der Waals surface area contributed by atoms with Gasteiger partial charge >= 0.3 is 5.97 Å². The number of amides is 1. The van der Waals surface area contributed by atoms with Crippen molar-refractivity contribution in [3.8, 4) is 5.75 Å². The van der Waals surface area contributed by atoms with Crippen molar-refractivity contribution in [1.29, 1.82) is 0 Å². The molecule has 0 saturated carbocycles. The lowest BCUT2D eigenvalue weighted by Gasteiger charge is -2.17. The Morgan fingerprint density at radius 3 is 2.43 bits per heavy atom. The summed E-state index contributed by atoms with van der Waals surface area (Å²) < 4.78 is 5.56. The van der Waals surface area contributed by atoms with Gasteiger partial charge in [0.05, 0.1) is 0 Å². The van der Waals surface area contributed by atoms with Crippen LogP contribution in [0.5, 0.6) is 5.75 Å². The molecular formula is C15H23NO4S. The maximum Gasteiger partial charge on any atom is 0.349 e. The normalized spacial score (nSPS) is 13.8. The Bertz CT molecular complexity index is 510. The number of rotatable bonds is 7. The van der Waals surface area contributed by atoms with Gasteiger partial charge in [-0.3, -0.25) is 4.79 Å². The molecule has 1 amide bonds. The second kappa shape index (κ2) is 7.45. The predicted molar refractivity (Wildman–Crippen MR) is 83.4 cm³/mol. The molecule has 0 fully saturated rings. The standard InChI is InChI=1S/C15H23NO4S/c1-6-9(4)16-14(17)10(5)20-11-7-12(8(2)3)21-13(11)15(18)19/h7-10H,6H2,1-5H3,(H,16,17)(H,18,19). The Hall–Kier alpha value is -1.56. The molecule has 1 rings (SSSR count). The SMILES string of the molecule is CCC(C)NC(=O)C(C)Oc1cc(C(C)C)sc1C(=O)O. The Morgan fingerprint density at radius 1 is 1.33 bits per heavy atom. The lowest BCUT2D eigenvalue weighted by Crippen LogP contribution is -2.41. The maximum absolute atomic E-state index is 12.0. The average Bonchev–Trinajstić information content (AvgIpc) is 2.82. The van der Waals surface area contributed by atoms with Crippen LogP contribution in [0.15, 0.2) is 6.07 Å². The van der Waals surface area contributed by atoms with Gasteiger partial charge in [0.2, 0.25) is 0 Å². The molecule has 0 bridgehead atoms. The van der Waals surface area contributed by atoms with Crippen molar-refractivity contribution < 1.29 is 19.4 Å². The maximum atomic E-state index is 12.0. The first-order valence-electron chi connectivity index (χ1n) is 7.10. The van der Waals surface area contributed by atoms with Crippen molar-refractivity contribution in [3.63, 3.8) is 0 Å². The Balaban J connectivity index is 2.86. The van der Waals surface area contributed by atoms with Gasteiger partial charge < -0.3 is 15.2 Å². The molecule has 5 nitrogen and oxygen atoms in total. The van der Waals surface area contributed by atoms with Crippen molar-refractivity contribution in [2.24, 2.45) is 0 Å². The number of ether oxygens (including phenoxy) is 1. The average molecular weight is 313 g/mol. The second-order valence-electron chi connectivity index (χ2n) is 5.38. The van der Waals surface area contributed by atoms with E-state index >= 15 is 0 Å². The zero-order valence-corrected chi connectivity index (χ0v) is 13.9. The second-order valence-corrected chi connectivity index (χ2v) is 6.46. The highest BCUT2D eigenvalue weighted by Gasteiger charge is 2.23. The van der Waals surface area contributed by atoms with Crippen LogP contribution in [0.3, 0.4) is 0 Å². The van der Waals surface area contributed by atoms with E-state index in [0.29, 0.717) is 0 Å². The summed E-state index contributed by atoms with van der Waals surface area (Å²) in [4.78, 5) is 24.3. The van der Waals surface area contributed by atoms with Gasteiger partial charge in [-0.1, -0.05) is 20.8 Å². The smallest absolute Gasteiger partial charge is 0.349 e. The lowest BCUT2D eigenvalue weighted by atomic mass is 10.2. The Morgan fingerprint density at radius 2 is 1.95 bits per heavy atom. The van der Waals surface area contributed by atoms with Crippen LogP contribution < -0.4 is 10.1 Å². The van der Waals surface area contributed by atoms with Gasteiger partial charge in [-0.15, -0.1) is 11.3 Å². The van der Waals surface area contributed by atoms with E-state index in [-0.39, 0.29) is 28.5 Å². The number of aromatic carboxylic acids is 1. The molecular weight excluding hydrogens is 290 g/mol. The first kappa shape index (κ1) is 17.5. The van der Waals surface area contributed by atoms with Gasteiger partial charge in [-0.2, -0.15) is 0 Å². The summed E-state index contributed by atoms with van der Waals surface area (Å²) in [6, 6.07) is 1.78. The zero-order chi connectivity index (χ0) is 16.2. The van der Waals surface area contributed by atoms with Crippen molar-refractivity contribution in [3.05, 3.63) is 15.8 Å². The molecule has 0 aliphatic rings. The predicted octanol–water partition coefficient (Wildman–Crippen LogP) is 3.25. The molecule has 0 spiro atoms. The topological polar surface area (TPSA) is 75.6 Å². The third kappa shape index (κ3) is 4.74. The number of hydrogen-bond acceptors (Lipinski definition) is 4. The van der Waals surface area contributed by atoms with Gasteiger partial charge in [-0.05, 0) is 32.3 Å². The number of hydrogen-bond donors (Lipinski definition) is 2. The minimum absolute atomic E-state index is 0.0659. The Labute approximate surface area is 129 Å². The summed E-state index contributed by atoms with van der Waals surface area (Å²) in [5.41, 5.74) is 0. The van der Waals surface area contributed by atoms with E-state index in [1.165, 1.54) is 11.3 Å². The van der Waals surface area contributed by atoms with Crippen molar-refractivity contribution in [2.45, 2.75) is 59.1 Å². The molecule has 1 aromatic heterocycles. The monoisotopic (exact) mass is 313 g/mol. The van der Waals surface area contributed by atoms with Gasteiger partial charge in [0, 0.05) is 10.9 Å². The third-order valence-electron chi connectivity index (χ3n) is 3.15. The van der Waals surface area contributed by atoms with E-state index in [1.807, 2.05) is 27.7 Å². The van der Waals surface area contributed by atoms with E-state index in [4.69, 9.17) is 4.74 Å². The van der Waals surface area contributed by atoms with E-state index in [2.05, 4.69) is 5.32 Å². The van der Waals surface area contributed by atoms with E-state index < -0.39 is 12.1 Å². The van der Waals surface area contributed by atoms with Gasteiger partial charge in [0.1, 0.15) is 5.75 Å². The summed E-state index contributed by atoms with van der Waals surface area (Å²) in [5, 5.41) is 12.0. The largest absolute Gasteiger partial charge is 0.479 e. The molecule has 2 atom stereocenters. The number of carbonyl (C=O) groups is 2. The highest BCUT2D eigenvalue weighted by molar-refractivity contribution is 7.14. The van der Waals surface area contributed by atoms with Crippen molar-refractivity contribution >= 4 is 23.2 Å². The van der Waals surface area contributed by atoms with E-state index in [1.54, 1.807) is 13.0 Å². The molecule has 0 saturated heterocycles. The van der Waals surface area contributed by atoms with Crippen LogP contribution >= 0.6 is 11.3 Å². The van der Waals surface area contributed by atoms with Gasteiger partial charge in [0.25, 0.3) is 5.91 Å². The van der Waals surface area contributed by atoms with Crippen LogP contribution in [0, 0.1) is 0 Å². The number of nitrogens with one attached hydrogen (secondary N) is 1. The van der Waals surface area contributed by atoms with Crippen LogP contribution in [-0.2, 0) is 4.79 Å². The van der Waals surface area contributed by atoms with Crippen LogP contribution in [-0.4, -0.2) is 29.1 Å². The number of carboxylic acid groups (broad SMARTS) is 1. The number of carboxylic acids is 1. The van der Waals surface area contributed by atoms with E-state index in [0.717, 1.165) is 11.3 Å². The van der Waals surface area contributed by atoms with Crippen molar-refractivity contribution in [1.82, 2.24) is 5.32 Å². The van der Waals surface area contributed by atoms with Crippen LogP contribution in [0.2, 0.25) is 0 Å². The summed E-state index contributed by atoms with van der Waals surface area (Å²) in [6.07, 6.45) is 0.0983. The molecule has 6 heteroatoms. The molecule has 0 radical (unpaired) electrons. The molecule has 2 unspecified atom stereocenters. The minimum atomic E-state index is -1.03. The molecule has 1 aromatic rings. The molecule has 118 valence electrons. The quantitative estimate of drug-likeness (QED) is 0.810. The first-order chi connectivity index (χ1) is 9.76. The van der Waals surface area contributed by atoms with Crippen LogP contribution in [0.25, 0.3) is 0 Å². The fourth-order valence-electron chi connectivity index (χ4n) is 1.62. The van der Waals surface area contributed by atoms with Crippen molar-refractivity contribution in [2.75, 3.05) is 0 Å². The third-order valence-corrected chi connectivity index (χ3v) is 4.56. The minimum Gasteiger partial charge on any atom is -0.479 e. The van der Waals surface area contributed by atoms with Crippen LogP contribution in [0.4, 0.5) is 0 Å². The molecule has 2 N–H and O–H groups in total. The zero-order valence-electron chi connectivity index (χ0n) is 13.1. The van der Waals surface area contributed by atoms with Gasteiger partial charge in [0.15, 0.2) is 11.0 Å². The summed E-state index contributed by atoms with van der Waals surface area (Å²) in [7, 11) is 0. The van der Waals surface area contributed by atoms with Gasteiger partial charge in [-0.25, -0.2) is 4.79 Å². The highest BCUT2D eigenvalue weighted by Crippen LogP contribution is 2.34. The van der Waals surface area contributed by atoms with Crippen LogP contribution in [0.1, 0.15) is 61.5 Å². The molecule has 0 aliphatic heterocycles. The Kier molecular flexibility index (Phi) is 6.20. The molecule has 0 aliphatic carbocycles. The van der Waals surface area contributed by atoms with E-state index in [9.17, 15) is 14.7 Å². The fourth-order valence-corrected chi connectivity index (χ4v) is 2.55. The number of carbonyl (C=O) groups excluding carboxylic acids is 1. The first-order valence-corrected chi connectivity index (χ1v) is 7.91. The highest BCUT2D eigenvalue weighted by atomic mass is 32.1. The fraction of sp³-hybridized carbons (Fsp3) is 0.600. The molecule has 21 heavy (non-hydrogen) atoms. The lowest BCUT2D eigenvalue weighted by molar-refractivity contribution is -0.127.